The number of nitrogens with zero attached hydrogens (tertiary/aromatic N) is 2. The maximum atomic E-state index is 13.5. The van der Waals surface area contributed by atoms with E-state index < -0.39 is 0 Å². The molecule has 162 valence electrons. The van der Waals surface area contributed by atoms with Crippen LogP contribution in [0.3, 0.4) is 0 Å². The Balaban J connectivity index is 1.83. The molecule has 0 aliphatic carbocycles. The van der Waals surface area contributed by atoms with Crippen LogP contribution in [0.15, 0.2) is 77.4 Å². The number of carbonyl (C=O) groups is 1. The van der Waals surface area contributed by atoms with Gasteiger partial charge in [0.15, 0.2) is 11.5 Å². The lowest BCUT2D eigenvalue weighted by Crippen LogP contribution is -2.32. The van der Waals surface area contributed by atoms with Gasteiger partial charge in [0, 0.05) is 5.56 Å². The van der Waals surface area contributed by atoms with E-state index in [4.69, 9.17) is 19.2 Å². The second-order valence-electron chi connectivity index (χ2n) is 7.27. The second-order valence-corrected chi connectivity index (χ2v) is 7.27. The predicted molar refractivity (Wildman–Crippen MR) is 126 cm³/mol. The molecule has 6 nitrogen and oxygen atoms in total. The van der Waals surface area contributed by atoms with E-state index in [1.165, 1.54) is 0 Å². The first-order valence-electron chi connectivity index (χ1n) is 10.1. The lowest BCUT2D eigenvalue weighted by molar-refractivity contribution is -0.113. The first kappa shape index (κ1) is 21.2. The summed E-state index contributed by atoms with van der Waals surface area (Å²) in [4.78, 5) is 19.8. The highest BCUT2D eigenvalue weighted by Crippen LogP contribution is 2.39. The Bertz CT molecular complexity index is 1170. The van der Waals surface area contributed by atoms with Crippen LogP contribution in [-0.2, 0) is 4.79 Å². The molecular formula is C26H24N2O4. The molecule has 0 fully saturated rings. The molecule has 0 spiro atoms. The Hall–Kier alpha value is -4.06. The van der Waals surface area contributed by atoms with Gasteiger partial charge in [0.25, 0.3) is 5.91 Å². The van der Waals surface area contributed by atoms with Gasteiger partial charge in [-0.1, -0.05) is 48.0 Å². The molecule has 3 aromatic rings. The molecule has 1 aliphatic heterocycles. The average Bonchev–Trinajstić information content (AvgIpc) is 3.15. The zero-order valence-electron chi connectivity index (χ0n) is 18.5. The van der Waals surface area contributed by atoms with Crippen LogP contribution in [0.2, 0.25) is 0 Å². The monoisotopic (exact) mass is 428 g/mol. The molecule has 0 bridgehead atoms. The summed E-state index contributed by atoms with van der Waals surface area (Å²) in [5.74, 6) is 1.88. The minimum atomic E-state index is -0.207. The number of methoxy groups -OCH3 is 3. The van der Waals surface area contributed by atoms with E-state index in [0.29, 0.717) is 34.3 Å². The maximum absolute atomic E-state index is 13.5. The number of aliphatic imine (C=N–C) groups is 1. The smallest absolute Gasteiger partial charge is 0.282 e. The van der Waals surface area contributed by atoms with Gasteiger partial charge in [-0.3, -0.25) is 9.69 Å². The molecule has 0 atom stereocenters. The molecule has 0 aromatic heterocycles. The van der Waals surface area contributed by atoms with Crippen LogP contribution in [0.25, 0.3) is 6.08 Å². The number of carbonyl (C=O) groups excluding carboxylic acids is 1. The Labute approximate surface area is 187 Å². The molecule has 3 aromatic carbocycles. The SMILES string of the molecule is COc1cc(/C=C2\N=C(c3ccccc3)N(c3ccc(C)cc3)C2=O)cc(OC)c1OC. The number of amides is 1. The van der Waals surface area contributed by atoms with Crippen molar-refractivity contribution in [1.82, 2.24) is 0 Å². The minimum absolute atomic E-state index is 0.207. The highest BCUT2D eigenvalue weighted by atomic mass is 16.5. The molecule has 0 N–H and O–H groups in total. The first-order valence-corrected chi connectivity index (χ1v) is 10.1. The molecule has 1 aliphatic rings. The molecule has 1 heterocycles. The van der Waals surface area contributed by atoms with Crippen molar-refractivity contribution in [2.75, 3.05) is 26.2 Å². The fourth-order valence-corrected chi connectivity index (χ4v) is 3.57. The van der Waals surface area contributed by atoms with Gasteiger partial charge >= 0.3 is 0 Å². The third kappa shape index (κ3) is 3.95. The zero-order chi connectivity index (χ0) is 22.7. The highest BCUT2D eigenvalue weighted by molar-refractivity contribution is 6.33. The van der Waals surface area contributed by atoms with Crippen LogP contribution >= 0.6 is 0 Å². The van der Waals surface area contributed by atoms with E-state index in [0.717, 1.165) is 16.8 Å². The second kappa shape index (κ2) is 8.98. The molecule has 6 heteroatoms. The largest absolute Gasteiger partial charge is 0.493 e. The standard InChI is InChI=1S/C26H24N2O4/c1-17-10-12-20(13-11-17)28-25(19-8-6-5-7-9-19)27-21(26(28)29)14-18-15-22(30-2)24(32-4)23(16-18)31-3/h5-16H,1-4H3/b21-14-. The first-order chi connectivity index (χ1) is 15.5. The topological polar surface area (TPSA) is 60.4 Å². The summed E-state index contributed by atoms with van der Waals surface area (Å²) in [5, 5.41) is 0. The minimum Gasteiger partial charge on any atom is -0.493 e. The number of hydrogen-bond donors (Lipinski definition) is 0. The zero-order valence-corrected chi connectivity index (χ0v) is 18.5. The Morgan fingerprint density at radius 2 is 1.47 bits per heavy atom. The van der Waals surface area contributed by atoms with Crippen LogP contribution in [0, 0.1) is 6.92 Å². The van der Waals surface area contributed by atoms with Gasteiger partial charge in [-0.2, -0.15) is 0 Å². The van der Waals surface area contributed by atoms with E-state index in [9.17, 15) is 4.79 Å². The molecule has 0 saturated heterocycles. The molecule has 4 rings (SSSR count). The Morgan fingerprint density at radius 1 is 0.844 bits per heavy atom. The van der Waals surface area contributed by atoms with E-state index in [2.05, 4.69) is 0 Å². The Morgan fingerprint density at radius 3 is 2.03 bits per heavy atom. The van der Waals surface area contributed by atoms with E-state index in [1.54, 1.807) is 44.4 Å². The summed E-state index contributed by atoms with van der Waals surface area (Å²) in [7, 11) is 4.66. The maximum Gasteiger partial charge on any atom is 0.282 e. The van der Waals surface area contributed by atoms with Gasteiger partial charge in [0.05, 0.1) is 27.0 Å². The summed E-state index contributed by atoms with van der Waals surface area (Å²) in [5.41, 5.74) is 3.77. The summed E-state index contributed by atoms with van der Waals surface area (Å²) >= 11 is 0. The average molecular weight is 428 g/mol. The molecule has 32 heavy (non-hydrogen) atoms. The molecule has 0 radical (unpaired) electrons. The normalized spacial score (nSPS) is 14.5. The molecule has 0 unspecified atom stereocenters. The van der Waals surface area contributed by atoms with Crippen molar-refractivity contribution in [3.8, 4) is 17.2 Å². The number of aryl methyl sites for hydroxylation is 1. The summed E-state index contributed by atoms with van der Waals surface area (Å²) in [6.07, 6.45) is 1.73. The molecule has 0 saturated carbocycles. The van der Waals surface area contributed by atoms with Crippen molar-refractivity contribution in [2.24, 2.45) is 4.99 Å². The van der Waals surface area contributed by atoms with Crippen LogP contribution in [0.4, 0.5) is 5.69 Å². The van der Waals surface area contributed by atoms with E-state index >= 15 is 0 Å². The van der Waals surface area contributed by atoms with Gasteiger partial charge in [-0.25, -0.2) is 4.99 Å². The number of anilines is 1. The van der Waals surface area contributed by atoms with Gasteiger partial charge in [0.1, 0.15) is 11.5 Å². The molecule has 1 amide bonds. The lowest BCUT2D eigenvalue weighted by atomic mass is 10.1. The van der Waals surface area contributed by atoms with Crippen molar-refractivity contribution in [3.63, 3.8) is 0 Å². The highest BCUT2D eigenvalue weighted by Gasteiger charge is 2.32. The van der Waals surface area contributed by atoms with E-state index in [-0.39, 0.29) is 5.91 Å². The van der Waals surface area contributed by atoms with E-state index in [1.807, 2.05) is 61.5 Å². The van der Waals surface area contributed by atoms with Crippen molar-refractivity contribution in [3.05, 3.63) is 89.1 Å². The number of benzene rings is 3. The number of ether oxygens (including phenoxy) is 3. The number of rotatable bonds is 6. The van der Waals surface area contributed by atoms with Crippen molar-refractivity contribution in [2.45, 2.75) is 6.92 Å². The van der Waals surface area contributed by atoms with Crippen molar-refractivity contribution >= 4 is 23.5 Å². The number of hydrogen-bond acceptors (Lipinski definition) is 5. The third-order valence-corrected chi connectivity index (χ3v) is 5.17. The fourth-order valence-electron chi connectivity index (χ4n) is 3.57. The van der Waals surface area contributed by atoms with Gasteiger partial charge in [-0.05, 0) is 42.8 Å². The van der Waals surface area contributed by atoms with Gasteiger partial charge < -0.3 is 14.2 Å². The summed E-state index contributed by atoms with van der Waals surface area (Å²) in [6, 6.07) is 21.0. The van der Waals surface area contributed by atoms with Gasteiger partial charge in [-0.15, -0.1) is 0 Å². The lowest BCUT2D eigenvalue weighted by Gasteiger charge is -2.18. The predicted octanol–water partition coefficient (Wildman–Crippen LogP) is 4.86. The quantitative estimate of drug-likeness (QED) is 0.527. The fraction of sp³-hybridized carbons (Fsp3) is 0.154. The van der Waals surface area contributed by atoms with Crippen LogP contribution in [0.1, 0.15) is 16.7 Å². The van der Waals surface area contributed by atoms with Crippen LogP contribution in [0.5, 0.6) is 17.2 Å². The third-order valence-electron chi connectivity index (χ3n) is 5.17. The van der Waals surface area contributed by atoms with Crippen LogP contribution < -0.4 is 19.1 Å². The Kier molecular flexibility index (Phi) is 5.94. The van der Waals surface area contributed by atoms with Crippen molar-refractivity contribution < 1.29 is 19.0 Å². The summed E-state index contributed by atoms with van der Waals surface area (Å²) < 4.78 is 16.3. The van der Waals surface area contributed by atoms with Crippen LogP contribution in [-0.4, -0.2) is 33.1 Å². The van der Waals surface area contributed by atoms with Crippen molar-refractivity contribution in [1.29, 1.82) is 0 Å². The number of amidine groups is 1. The molecular weight excluding hydrogens is 404 g/mol. The summed E-state index contributed by atoms with van der Waals surface area (Å²) in [6.45, 7) is 2.01. The van der Waals surface area contributed by atoms with Gasteiger partial charge in [0.2, 0.25) is 5.75 Å².